The molecule has 0 spiro atoms. The molecular weight excluding hydrogens is 286 g/mol. The van der Waals surface area contributed by atoms with E-state index in [4.69, 9.17) is 17.3 Å². The number of nitrogens with zero attached hydrogens (tertiary/aromatic N) is 2. The van der Waals surface area contributed by atoms with E-state index in [9.17, 15) is 19.7 Å². The quantitative estimate of drug-likeness (QED) is 0.668. The van der Waals surface area contributed by atoms with Gasteiger partial charge in [0.1, 0.15) is 5.02 Å². The fourth-order valence-corrected chi connectivity index (χ4v) is 2.33. The summed E-state index contributed by atoms with van der Waals surface area (Å²) in [6.07, 6.45) is 0.511. The normalized spacial score (nSPS) is 18.1. The third-order valence-corrected chi connectivity index (χ3v) is 3.59. The average Bonchev–Trinajstić information content (AvgIpc) is 2.87. The molecule has 0 aromatic heterocycles. The maximum absolute atomic E-state index is 12.2. The Bertz CT molecular complexity index is 590. The number of primary amides is 1. The van der Waals surface area contributed by atoms with Gasteiger partial charge in [-0.3, -0.25) is 19.7 Å². The SMILES string of the molecule is NC(=O)C1CCN(C(=O)c2ccc(Cl)c([N+](=O)[O-])c2)C1. The van der Waals surface area contributed by atoms with Crippen LogP contribution in [0.25, 0.3) is 0 Å². The molecule has 1 aliphatic rings. The zero-order valence-corrected chi connectivity index (χ0v) is 11.2. The van der Waals surface area contributed by atoms with Crippen LogP contribution in [-0.4, -0.2) is 34.7 Å². The lowest BCUT2D eigenvalue weighted by Crippen LogP contribution is -2.31. The third-order valence-electron chi connectivity index (χ3n) is 3.27. The highest BCUT2D eigenvalue weighted by molar-refractivity contribution is 6.32. The number of likely N-dealkylation sites (tertiary alicyclic amines) is 1. The van der Waals surface area contributed by atoms with Gasteiger partial charge < -0.3 is 10.6 Å². The van der Waals surface area contributed by atoms with Gasteiger partial charge in [0.15, 0.2) is 0 Å². The topological polar surface area (TPSA) is 107 Å². The molecule has 0 bridgehead atoms. The summed E-state index contributed by atoms with van der Waals surface area (Å²) in [6.45, 7) is 0.646. The Morgan fingerprint density at radius 1 is 1.45 bits per heavy atom. The zero-order chi connectivity index (χ0) is 14.9. The summed E-state index contributed by atoms with van der Waals surface area (Å²) in [5.41, 5.74) is 5.05. The van der Waals surface area contributed by atoms with Crippen LogP contribution in [0.15, 0.2) is 18.2 Å². The van der Waals surface area contributed by atoms with Crippen LogP contribution in [0.4, 0.5) is 5.69 Å². The second-order valence-corrected chi connectivity index (χ2v) is 4.97. The summed E-state index contributed by atoms with van der Waals surface area (Å²) in [6, 6.07) is 3.88. The van der Waals surface area contributed by atoms with E-state index in [0.29, 0.717) is 13.0 Å². The highest BCUT2D eigenvalue weighted by Gasteiger charge is 2.30. The lowest BCUT2D eigenvalue weighted by Gasteiger charge is -2.15. The van der Waals surface area contributed by atoms with Gasteiger partial charge in [0.05, 0.1) is 10.8 Å². The van der Waals surface area contributed by atoms with Crippen molar-refractivity contribution in [1.82, 2.24) is 4.90 Å². The van der Waals surface area contributed by atoms with Gasteiger partial charge in [0.2, 0.25) is 5.91 Å². The Balaban J connectivity index is 2.20. The van der Waals surface area contributed by atoms with Crippen molar-refractivity contribution in [2.45, 2.75) is 6.42 Å². The first kappa shape index (κ1) is 14.3. The van der Waals surface area contributed by atoms with Crippen molar-refractivity contribution in [3.05, 3.63) is 38.9 Å². The van der Waals surface area contributed by atoms with Crippen molar-refractivity contribution >= 4 is 29.1 Å². The van der Waals surface area contributed by atoms with Gasteiger partial charge in [-0.05, 0) is 18.6 Å². The Morgan fingerprint density at radius 2 is 2.15 bits per heavy atom. The second kappa shape index (κ2) is 5.46. The molecule has 1 unspecified atom stereocenters. The van der Waals surface area contributed by atoms with Crippen LogP contribution in [0.5, 0.6) is 0 Å². The van der Waals surface area contributed by atoms with Crippen LogP contribution < -0.4 is 5.73 Å². The molecule has 2 N–H and O–H groups in total. The van der Waals surface area contributed by atoms with E-state index in [1.165, 1.54) is 17.0 Å². The lowest BCUT2D eigenvalue weighted by atomic mass is 10.1. The van der Waals surface area contributed by atoms with Crippen LogP contribution in [0.1, 0.15) is 16.8 Å². The minimum absolute atomic E-state index is 0.0250. The molecule has 0 saturated carbocycles. The molecule has 1 aromatic carbocycles. The number of carbonyl (C=O) groups is 2. The van der Waals surface area contributed by atoms with Gasteiger partial charge >= 0.3 is 0 Å². The molecule has 0 aliphatic carbocycles. The molecule has 1 aliphatic heterocycles. The molecule has 8 heteroatoms. The van der Waals surface area contributed by atoms with Gasteiger partial charge in [0, 0.05) is 24.7 Å². The number of nitrogens with two attached hydrogens (primary N) is 1. The third kappa shape index (κ3) is 2.72. The fourth-order valence-electron chi connectivity index (χ4n) is 2.15. The molecule has 0 radical (unpaired) electrons. The molecular formula is C12H12ClN3O4. The number of benzene rings is 1. The molecule has 1 fully saturated rings. The number of nitro benzene ring substituents is 1. The van der Waals surface area contributed by atoms with Crippen LogP contribution >= 0.6 is 11.6 Å². The monoisotopic (exact) mass is 297 g/mol. The van der Waals surface area contributed by atoms with Gasteiger partial charge in [0.25, 0.3) is 11.6 Å². The Labute approximate surface area is 119 Å². The number of amides is 2. The zero-order valence-electron chi connectivity index (χ0n) is 10.4. The number of hydrogen-bond donors (Lipinski definition) is 1. The van der Waals surface area contributed by atoms with Crippen LogP contribution in [0.2, 0.25) is 5.02 Å². The molecule has 2 amide bonds. The van der Waals surface area contributed by atoms with E-state index < -0.39 is 10.8 Å². The van der Waals surface area contributed by atoms with E-state index >= 15 is 0 Å². The molecule has 106 valence electrons. The van der Waals surface area contributed by atoms with Crippen LogP contribution in [0, 0.1) is 16.0 Å². The van der Waals surface area contributed by atoms with Crippen molar-refractivity contribution in [1.29, 1.82) is 0 Å². The molecule has 1 atom stereocenters. The molecule has 1 saturated heterocycles. The van der Waals surface area contributed by atoms with Gasteiger partial charge in [-0.2, -0.15) is 0 Å². The number of nitro groups is 1. The van der Waals surface area contributed by atoms with E-state index in [-0.39, 0.29) is 34.6 Å². The first-order valence-corrected chi connectivity index (χ1v) is 6.30. The molecule has 7 nitrogen and oxygen atoms in total. The number of carbonyl (C=O) groups excluding carboxylic acids is 2. The summed E-state index contributed by atoms with van der Waals surface area (Å²) >= 11 is 5.69. The smallest absolute Gasteiger partial charge is 0.288 e. The largest absolute Gasteiger partial charge is 0.369 e. The summed E-state index contributed by atoms with van der Waals surface area (Å²) in [4.78, 5) is 34.9. The summed E-state index contributed by atoms with van der Waals surface area (Å²) in [5, 5.41) is 10.8. The van der Waals surface area contributed by atoms with Crippen LogP contribution in [-0.2, 0) is 4.79 Å². The Morgan fingerprint density at radius 3 is 2.70 bits per heavy atom. The maximum Gasteiger partial charge on any atom is 0.288 e. The predicted molar refractivity (Wildman–Crippen MR) is 71.3 cm³/mol. The van der Waals surface area contributed by atoms with Crippen molar-refractivity contribution in [3.8, 4) is 0 Å². The second-order valence-electron chi connectivity index (χ2n) is 4.56. The van der Waals surface area contributed by atoms with Gasteiger partial charge in [-0.15, -0.1) is 0 Å². The standard InChI is InChI=1S/C12H12ClN3O4/c13-9-2-1-7(5-10(9)16(19)20)12(18)15-4-3-8(6-15)11(14)17/h1-2,5,8H,3-4,6H2,(H2,14,17). The lowest BCUT2D eigenvalue weighted by molar-refractivity contribution is -0.384. The fraction of sp³-hybridized carbons (Fsp3) is 0.333. The minimum Gasteiger partial charge on any atom is -0.369 e. The summed E-state index contributed by atoms with van der Waals surface area (Å²) in [7, 11) is 0. The average molecular weight is 298 g/mol. The first-order valence-electron chi connectivity index (χ1n) is 5.92. The molecule has 1 aromatic rings. The van der Waals surface area contributed by atoms with Crippen molar-refractivity contribution < 1.29 is 14.5 Å². The predicted octanol–water partition coefficient (Wildman–Crippen LogP) is 1.20. The number of halogens is 1. The molecule has 1 heterocycles. The van der Waals surface area contributed by atoms with E-state index in [2.05, 4.69) is 0 Å². The summed E-state index contributed by atoms with van der Waals surface area (Å²) in [5.74, 6) is -1.17. The Hall–Kier alpha value is -2.15. The highest BCUT2D eigenvalue weighted by atomic mass is 35.5. The van der Waals surface area contributed by atoms with Gasteiger partial charge in [-0.1, -0.05) is 11.6 Å². The highest BCUT2D eigenvalue weighted by Crippen LogP contribution is 2.26. The number of rotatable bonds is 3. The minimum atomic E-state index is -0.644. The summed E-state index contributed by atoms with van der Waals surface area (Å²) < 4.78 is 0. The number of hydrogen-bond acceptors (Lipinski definition) is 4. The maximum atomic E-state index is 12.2. The van der Waals surface area contributed by atoms with Crippen molar-refractivity contribution in [2.24, 2.45) is 11.7 Å². The van der Waals surface area contributed by atoms with Crippen LogP contribution in [0.3, 0.4) is 0 Å². The van der Waals surface area contributed by atoms with E-state index in [1.54, 1.807) is 0 Å². The van der Waals surface area contributed by atoms with E-state index in [1.807, 2.05) is 0 Å². The van der Waals surface area contributed by atoms with Gasteiger partial charge in [-0.25, -0.2) is 0 Å². The molecule has 20 heavy (non-hydrogen) atoms. The molecule has 2 rings (SSSR count). The Kier molecular flexibility index (Phi) is 3.89. The van der Waals surface area contributed by atoms with E-state index in [0.717, 1.165) is 6.07 Å². The van der Waals surface area contributed by atoms with Crippen molar-refractivity contribution in [3.63, 3.8) is 0 Å². The van der Waals surface area contributed by atoms with Crippen molar-refractivity contribution in [2.75, 3.05) is 13.1 Å². The first-order chi connectivity index (χ1) is 9.40.